The summed E-state index contributed by atoms with van der Waals surface area (Å²) in [4.78, 5) is 11.2. The van der Waals surface area contributed by atoms with Gasteiger partial charge in [-0.05, 0) is 71.9 Å². The highest BCUT2D eigenvalue weighted by molar-refractivity contribution is 5.68. The highest BCUT2D eigenvalue weighted by Gasteiger charge is 2.36. The molecular formula is C28H36O3. The van der Waals surface area contributed by atoms with Gasteiger partial charge in [-0.15, -0.1) is 0 Å². The van der Waals surface area contributed by atoms with Gasteiger partial charge in [0.15, 0.2) is 0 Å². The molecule has 1 atom stereocenters. The summed E-state index contributed by atoms with van der Waals surface area (Å²) in [6, 6.07) is 14.6. The number of aliphatic carboxylic acids is 1. The van der Waals surface area contributed by atoms with Crippen molar-refractivity contribution in [3.63, 3.8) is 0 Å². The van der Waals surface area contributed by atoms with Gasteiger partial charge < -0.3 is 9.84 Å². The van der Waals surface area contributed by atoms with Gasteiger partial charge in [-0.2, -0.15) is 0 Å². The summed E-state index contributed by atoms with van der Waals surface area (Å²) in [7, 11) is 0. The van der Waals surface area contributed by atoms with E-state index < -0.39 is 5.97 Å². The first-order valence-electron chi connectivity index (χ1n) is 11.2. The van der Waals surface area contributed by atoms with E-state index in [0.717, 1.165) is 16.9 Å². The molecule has 2 aromatic carbocycles. The molecule has 166 valence electrons. The fourth-order valence-electron chi connectivity index (χ4n) is 4.57. The van der Waals surface area contributed by atoms with Crippen LogP contribution in [0.3, 0.4) is 0 Å². The zero-order valence-electron chi connectivity index (χ0n) is 19.8. The maximum absolute atomic E-state index is 11.2. The van der Waals surface area contributed by atoms with Crippen LogP contribution in [0.15, 0.2) is 54.1 Å². The molecule has 0 saturated heterocycles. The molecule has 2 aromatic rings. The lowest BCUT2D eigenvalue weighted by molar-refractivity contribution is -0.137. The number of fused-ring (bicyclic) bond motifs is 1. The fourth-order valence-corrected chi connectivity index (χ4v) is 4.57. The van der Waals surface area contributed by atoms with E-state index in [9.17, 15) is 9.90 Å². The minimum Gasteiger partial charge on any atom is -0.489 e. The first-order valence-corrected chi connectivity index (χ1v) is 11.2. The van der Waals surface area contributed by atoms with Crippen molar-refractivity contribution in [2.45, 2.75) is 84.2 Å². The van der Waals surface area contributed by atoms with Crippen LogP contribution in [0.2, 0.25) is 0 Å². The van der Waals surface area contributed by atoms with Gasteiger partial charge in [0.05, 0.1) is 6.42 Å². The average Bonchev–Trinajstić information content (AvgIpc) is 2.69. The van der Waals surface area contributed by atoms with Crippen molar-refractivity contribution in [1.29, 1.82) is 0 Å². The van der Waals surface area contributed by atoms with Crippen molar-refractivity contribution in [3.05, 3.63) is 76.4 Å². The lowest BCUT2D eigenvalue weighted by Gasteiger charge is -2.42. The quantitative estimate of drug-likeness (QED) is 0.484. The van der Waals surface area contributed by atoms with Gasteiger partial charge in [-0.1, -0.05) is 69.7 Å². The van der Waals surface area contributed by atoms with Crippen LogP contribution < -0.4 is 4.74 Å². The van der Waals surface area contributed by atoms with Gasteiger partial charge in [0, 0.05) is 5.92 Å². The standard InChI is InChI=1S/C28H36O3/c1-19(2)15-22(17-26(29)30)21-8-10-23(11-9-21)31-18-20-7-12-24-25(16-20)28(5,6)14-13-27(24,3)4/h7-12,15-16,22H,13-14,17-18H2,1-6H3,(H,29,30)/t22-/m0/s1. The van der Waals surface area contributed by atoms with Crippen LogP contribution in [-0.2, 0) is 22.2 Å². The Morgan fingerprint density at radius 2 is 1.61 bits per heavy atom. The maximum atomic E-state index is 11.2. The number of hydrogen-bond donors (Lipinski definition) is 1. The van der Waals surface area contributed by atoms with E-state index in [0.29, 0.717) is 6.61 Å². The molecule has 0 unspecified atom stereocenters. The molecule has 0 radical (unpaired) electrons. The molecule has 0 aliphatic heterocycles. The SMILES string of the molecule is CC(C)=C[C@@H](CC(=O)O)c1ccc(OCc2ccc3c(c2)C(C)(C)CCC3(C)C)cc1. The van der Waals surface area contributed by atoms with Crippen LogP contribution in [0.1, 0.15) is 89.0 Å². The number of carbonyl (C=O) groups is 1. The molecule has 3 nitrogen and oxygen atoms in total. The Kier molecular flexibility index (Phi) is 6.64. The molecule has 0 heterocycles. The van der Waals surface area contributed by atoms with Gasteiger partial charge in [-0.3, -0.25) is 4.79 Å². The summed E-state index contributed by atoms with van der Waals surface area (Å²) in [5.41, 5.74) is 6.60. The lowest BCUT2D eigenvalue weighted by atomic mass is 9.63. The minimum absolute atomic E-state index is 0.0899. The Bertz CT molecular complexity index is 960. The Hall–Kier alpha value is -2.55. The average molecular weight is 421 g/mol. The summed E-state index contributed by atoms with van der Waals surface area (Å²) in [6.07, 6.45) is 4.51. The molecule has 1 aliphatic rings. The van der Waals surface area contributed by atoms with Crippen molar-refractivity contribution >= 4 is 5.97 Å². The highest BCUT2D eigenvalue weighted by atomic mass is 16.5. The van der Waals surface area contributed by atoms with Gasteiger partial charge in [0.1, 0.15) is 12.4 Å². The maximum Gasteiger partial charge on any atom is 0.304 e. The zero-order valence-corrected chi connectivity index (χ0v) is 19.8. The van der Waals surface area contributed by atoms with E-state index in [1.54, 1.807) is 0 Å². The molecule has 0 spiro atoms. The predicted molar refractivity (Wildman–Crippen MR) is 127 cm³/mol. The first kappa shape index (κ1) is 23.1. The van der Waals surface area contributed by atoms with Gasteiger partial charge >= 0.3 is 5.97 Å². The van der Waals surface area contributed by atoms with E-state index in [4.69, 9.17) is 4.74 Å². The molecule has 1 N–H and O–H groups in total. The summed E-state index contributed by atoms with van der Waals surface area (Å²) in [5, 5.41) is 9.22. The third-order valence-corrected chi connectivity index (χ3v) is 6.56. The summed E-state index contributed by atoms with van der Waals surface area (Å²) in [5.74, 6) is -0.114. The summed E-state index contributed by atoms with van der Waals surface area (Å²) < 4.78 is 6.07. The van der Waals surface area contributed by atoms with Gasteiger partial charge in [0.25, 0.3) is 0 Å². The summed E-state index contributed by atoms with van der Waals surface area (Å²) in [6.45, 7) is 13.9. The molecule has 3 heteroatoms. The molecule has 1 aliphatic carbocycles. The fraction of sp³-hybridized carbons (Fsp3) is 0.464. The zero-order chi connectivity index (χ0) is 22.8. The van der Waals surface area contributed by atoms with Crippen LogP contribution in [0.4, 0.5) is 0 Å². The molecule has 0 amide bonds. The van der Waals surface area contributed by atoms with Crippen LogP contribution in [0.25, 0.3) is 0 Å². The lowest BCUT2D eigenvalue weighted by Crippen LogP contribution is -2.33. The van der Waals surface area contributed by atoms with E-state index in [1.807, 2.05) is 44.2 Å². The minimum atomic E-state index is -0.790. The number of carboxylic acid groups (broad SMARTS) is 1. The molecule has 0 bridgehead atoms. The predicted octanol–water partition coefficient (Wildman–Crippen LogP) is 7.14. The smallest absolute Gasteiger partial charge is 0.304 e. The van der Waals surface area contributed by atoms with Crippen LogP contribution in [0.5, 0.6) is 5.75 Å². The van der Waals surface area contributed by atoms with Crippen LogP contribution in [0, 0.1) is 0 Å². The normalized spacial score (nSPS) is 17.4. The number of benzene rings is 2. The second kappa shape index (κ2) is 8.90. The summed E-state index contributed by atoms with van der Waals surface area (Å²) >= 11 is 0. The number of allylic oxidation sites excluding steroid dienone is 2. The van der Waals surface area contributed by atoms with Crippen molar-refractivity contribution in [3.8, 4) is 5.75 Å². The molecule has 0 saturated carbocycles. The third-order valence-electron chi connectivity index (χ3n) is 6.56. The number of hydrogen-bond acceptors (Lipinski definition) is 2. The van der Waals surface area contributed by atoms with Gasteiger partial charge in [0.2, 0.25) is 0 Å². The van der Waals surface area contributed by atoms with Crippen molar-refractivity contribution in [1.82, 2.24) is 0 Å². The number of rotatable bonds is 7. The molecule has 31 heavy (non-hydrogen) atoms. The first-order chi connectivity index (χ1) is 14.5. The van der Waals surface area contributed by atoms with E-state index >= 15 is 0 Å². The van der Waals surface area contributed by atoms with Crippen molar-refractivity contribution < 1.29 is 14.6 Å². The Labute approximate surface area is 187 Å². The topological polar surface area (TPSA) is 46.5 Å². The molecule has 0 fully saturated rings. The Morgan fingerprint density at radius 1 is 1.00 bits per heavy atom. The van der Waals surface area contributed by atoms with E-state index in [-0.39, 0.29) is 23.2 Å². The third kappa shape index (κ3) is 5.58. The second-order valence-electron chi connectivity index (χ2n) is 10.5. The van der Waals surface area contributed by atoms with E-state index in [1.165, 1.54) is 29.5 Å². The largest absolute Gasteiger partial charge is 0.489 e. The van der Waals surface area contributed by atoms with Crippen molar-refractivity contribution in [2.75, 3.05) is 0 Å². The Balaban J connectivity index is 1.73. The highest BCUT2D eigenvalue weighted by Crippen LogP contribution is 2.45. The number of ether oxygens (including phenoxy) is 1. The van der Waals surface area contributed by atoms with Gasteiger partial charge in [-0.25, -0.2) is 0 Å². The van der Waals surface area contributed by atoms with Crippen molar-refractivity contribution in [2.24, 2.45) is 0 Å². The molecular weight excluding hydrogens is 384 g/mol. The molecule has 0 aromatic heterocycles. The van der Waals surface area contributed by atoms with Crippen LogP contribution in [-0.4, -0.2) is 11.1 Å². The molecule has 3 rings (SSSR count). The second-order valence-corrected chi connectivity index (χ2v) is 10.5. The Morgan fingerprint density at radius 3 is 2.19 bits per heavy atom. The monoisotopic (exact) mass is 420 g/mol. The number of carboxylic acids is 1. The van der Waals surface area contributed by atoms with E-state index in [2.05, 4.69) is 45.9 Å². The van der Waals surface area contributed by atoms with Crippen LogP contribution >= 0.6 is 0 Å².